The van der Waals surface area contributed by atoms with Gasteiger partial charge in [-0.3, -0.25) is 0 Å². The smallest absolute Gasteiger partial charge is 0.215 e. The van der Waals surface area contributed by atoms with Crippen molar-refractivity contribution in [3.8, 4) is 0 Å². The van der Waals surface area contributed by atoms with E-state index in [0.29, 0.717) is 0 Å². The molecule has 0 aliphatic heterocycles. The fraction of sp³-hybridized carbons (Fsp3) is 0.333. The highest BCUT2D eigenvalue weighted by atomic mass is 32.2. The van der Waals surface area contributed by atoms with Crippen LogP contribution in [0.25, 0.3) is 0 Å². The number of hydrogen-bond donors (Lipinski definition) is 2. The Hall–Kier alpha value is -1.21. The molecule has 0 radical (unpaired) electrons. The monoisotopic (exact) mass is 325 g/mol. The highest BCUT2D eigenvalue weighted by Crippen LogP contribution is 2.24. The molecule has 0 spiro atoms. The van der Waals surface area contributed by atoms with Crippen molar-refractivity contribution in [1.29, 1.82) is 0 Å². The van der Waals surface area contributed by atoms with Gasteiger partial charge in [-0.25, -0.2) is 13.1 Å². The zero-order valence-electron chi connectivity index (χ0n) is 12.0. The Labute approximate surface area is 129 Å². The summed E-state index contributed by atoms with van der Waals surface area (Å²) >= 11 is 1.40. The number of sulfonamides is 1. The summed E-state index contributed by atoms with van der Waals surface area (Å²) in [7, 11) is -3.48. The number of nitrogens with one attached hydrogen (secondary N) is 1. The molecule has 114 valence electrons. The molecule has 1 aromatic carbocycles. The molecule has 0 fully saturated rings. The first kappa shape index (κ1) is 16.2. The SMILES string of the molecule is Cc1cccc(CS(=O)(=O)NCC(C)(O)c2cccs2)c1. The van der Waals surface area contributed by atoms with Crippen molar-refractivity contribution in [1.82, 2.24) is 4.72 Å². The third-order valence-corrected chi connectivity index (χ3v) is 5.55. The molecule has 1 heterocycles. The standard InChI is InChI=1S/C15H19NO3S2/c1-12-5-3-6-13(9-12)10-21(18,19)16-11-15(2,17)14-7-4-8-20-14/h3-9,16-17H,10-11H2,1-2H3. The van der Waals surface area contributed by atoms with E-state index in [4.69, 9.17) is 0 Å². The van der Waals surface area contributed by atoms with Gasteiger partial charge >= 0.3 is 0 Å². The van der Waals surface area contributed by atoms with Gasteiger partial charge < -0.3 is 5.11 Å². The van der Waals surface area contributed by atoms with Crippen LogP contribution in [-0.2, 0) is 21.4 Å². The zero-order chi connectivity index (χ0) is 15.5. The van der Waals surface area contributed by atoms with Crippen molar-refractivity contribution in [2.24, 2.45) is 0 Å². The van der Waals surface area contributed by atoms with Crippen LogP contribution >= 0.6 is 11.3 Å². The highest BCUT2D eigenvalue weighted by molar-refractivity contribution is 7.88. The van der Waals surface area contributed by atoms with E-state index in [1.165, 1.54) is 11.3 Å². The van der Waals surface area contributed by atoms with Crippen LogP contribution in [0.5, 0.6) is 0 Å². The molecule has 1 unspecified atom stereocenters. The van der Waals surface area contributed by atoms with Crippen LogP contribution in [-0.4, -0.2) is 20.1 Å². The van der Waals surface area contributed by atoms with E-state index in [1.54, 1.807) is 19.1 Å². The molecule has 2 rings (SSSR count). The number of hydrogen-bond acceptors (Lipinski definition) is 4. The molecule has 1 aromatic heterocycles. The molecule has 0 aliphatic carbocycles. The Morgan fingerprint density at radius 1 is 1.29 bits per heavy atom. The summed E-state index contributed by atoms with van der Waals surface area (Å²) < 4.78 is 26.7. The molecule has 6 heteroatoms. The molecule has 1 atom stereocenters. The van der Waals surface area contributed by atoms with Crippen LogP contribution in [0.4, 0.5) is 0 Å². The molecule has 0 saturated heterocycles. The van der Waals surface area contributed by atoms with Gasteiger partial charge in [-0.1, -0.05) is 35.9 Å². The number of aliphatic hydroxyl groups is 1. The minimum Gasteiger partial charge on any atom is -0.383 e. The van der Waals surface area contributed by atoms with Crippen molar-refractivity contribution in [2.45, 2.75) is 25.2 Å². The van der Waals surface area contributed by atoms with Crippen LogP contribution in [0, 0.1) is 6.92 Å². The van der Waals surface area contributed by atoms with E-state index >= 15 is 0 Å². The topological polar surface area (TPSA) is 66.4 Å². The van der Waals surface area contributed by atoms with Gasteiger partial charge in [0.25, 0.3) is 0 Å². The molecule has 4 nitrogen and oxygen atoms in total. The van der Waals surface area contributed by atoms with Crippen molar-refractivity contribution in [3.05, 3.63) is 57.8 Å². The fourth-order valence-electron chi connectivity index (χ4n) is 1.99. The van der Waals surface area contributed by atoms with E-state index < -0.39 is 15.6 Å². The Kier molecular flexibility index (Phi) is 4.83. The summed E-state index contributed by atoms with van der Waals surface area (Å²) in [5.41, 5.74) is 0.556. The van der Waals surface area contributed by atoms with E-state index in [0.717, 1.165) is 16.0 Å². The second-order valence-electron chi connectivity index (χ2n) is 5.32. The molecule has 0 aliphatic rings. The Balaban J connectivity index is 2.02. The largest absolute Gasteiger partial charge is 0.383 e. The zero-order valence-corrected chi connectivity index (χ0v) is 13.7. The first-order chi connectivity index (χ1) is 9.78. The molecule has 21 heavy (non-hydrogen) atoms. The number of rotatable bonds is 6. The second kappa shape index (κ2) is 6.27. The third kappa shape index (κ3) is 4.64. The average molecular weight is 325 g/mol. The van der Waals surface area contributed by atoms with Crippen molar-refractivity contribution < 1.29 is 13.5 Å². The fourth-order valence-corrected chi connectivity index (χ4v) is 4.00. The lowest BCUT2D eigenvalue weighted by Crippen LogP contribution is -2.38. The molecular weight excluding hydrogens is 306 g/mol. The van der Waals surface area contributed by atoms with Crippen LogP contribution in [0.15, 0.2) is 41.8 Å². The molecule has 2 aromatic rings. The quantitative estimate of drug-likeness (QED) is 0.857. The van der Waals surface area contributed by atoms with Crippen LogP contribution in [0.1, 0.15) is 22.9 Å². The minimum atomic E-state index is -3.48. The van der Waals surface area contributed by atoms with Crippen molar-refractivity contribution >= 4 is 21.4 Å². The summed E-state index contributed by atoms with van der Waals surface area (Å²) in [4.78, 5) is 0.737. The first-order valence-electron chi connectivity index (χ1n) is 6.58. The van der Waals surface area contributed by atoms with Gasteiger partial charge in [-0.05, 0) is 30.9 Å². The lowest BCUT2D eigenvalue weighted by molar-refractivity contribution is 0.0666. The molecule has 0 amide bonds. The summed E-state index contributed by atoms with van der Waals surface area (Å²) in [6.45, 7) is 3.49. The van der Waals surface area contributed by atoms with Crippen LogP contribution in [0.3, 0.4) is 0 Å². The van der Waals surface area contributed by atoms with Gasteiger partial charge in [-0.15, -0.1) is 11.3 Å². The van der Waals surface area contributed by atoms with E-state index in [2.05, 4.69) is 4.72 Å². The summed E-state index contributed by atoms with van der Waals surface area (Å²) in [5, 5.41) is 12.2. The normalized spacial score (nSPS) is 14.8. The molecular formula is C15H19NO3S2. The molecule has 0 saturated carbocycles. The summed E-state index contributed by atoms with van der Waals surface area (Å²) in [6, 6.07) is 11.0. The Morgan fingerprint density at radius 2 is 2.05 bits per heavy atom. The van der Waals surface area contributed by atoms with Crippen LogP contribution < -0.4 is 4.72 Å². The maximum absolute atomic E-state index is 12.1. The molecule has 2 N–H and O–H groups in total. The lowest BCUT2D eigenvalue weighted by Gasteiger charge is -2.22. The van der Waals surface area contributed by atoms with E-state index in [9.17, 15) is 13.5 Å². The Bertz CT molecular complexity index is 691. The number of thiophene rings is 1. The number of benzene rings is 1. The van der Waals surface area contributed by atoms with Crippen LogP contribution in [0.2, 0.25) is 0 Å². The van der Waals surface area contributed by atoms with Gasteiger partial charge in [0, 0.05) is 11.4 Å². The van der Waals surface area contributed by atoms with Gasteiger partial charge in [0.05, 0.1) is 5.75 Å². The minimum absolute atomic E-state index is 0.0400. The van der Waals surface area contributed by atoms with E-state index in [-0.39, 0.29) is 12.3 Å². The van der Waals surface area contributed by atoms with E-state index in [1.807, 2.05) is 36.6 Å². The average Bonchev–Trinajstić information content (AvgIpc) is 2.91. The maximum Gasteiger partial charge on any atom is 0.215 e. The van der Waals surface area contributed by atoms with Crippen molar-refractivity contribution in [3.63, 3.8) is 0 Å². The third-order valence-electron chi connectivity index (χ3n) is 3.13. The Morgan fingerprint density at radius 3 is 2.67 bits per heavy atom. The highest BCUT2D eigenvalue weighted by Gasteiger charge is 2.26. The van der Waals surface area contributed by atoms with Gasteiger partial charge in [-0.2, -0.15) is 0 Å². The van der Waals surface area contributed by atoms with Gasteiger partial charge in [0.1, 0.15) is 5.60 Å². The predicted molar refractivity (Wildman–Crippen MR) is 85.7 cm³/mol. The summed E-state index contributed by atoms with van der Waals surface area (Å²) in [6.07, 6.45) is 0. The first-order valence-corrected chi connectivity index (χ1v) is 9.11. The van der Waals surface area contributed by atoms with Gasteiger partial charge in [0.15, 0.2) is 0 Å². The maximum atomic E-state index is 12.1. The summed E-state index contributed by atoms with van der Waals surface area (Å²) in [5.74, 6) is -0.0881. The molecule has 0 bridgehead atoms. The van der Waals surface area contributed by atoms with Crippen molar-refractivity contribution in [2.75, 3.05) is 6.54 Å². The lowest BCUT2D eigenvalue weighted by atomic mass is 10.1. The number of aryl methyl sites for hydroxylation is 1. The second-order valence-corrected chi connectivity index (χ2v) is 8.07. The van der Waals surface area contributed by atoms with Gasteiger partial charge in [0.2, 0.25) is 10.0 Å². The predicted octanol–water partition coefficient (Wildman–Crippen LogP) is 2.38.